The number of aliphatic carboxylic acids is 1. The molecule has 1 aromatic heterocycles. The van der Waals surface area contributed by atoms with Gasteiger partial charge in [-0.2, -0.15) is 0 Å². The van der Waals surface area contributed by atoms with Crippen LogP contribution in [-0.2, 0) is 16.0 Å². The van der Waals surface area contributed by atoms with Crippen molar-refractivity contribution in [3.63, 3.8) is 0 Å². The van der Waals surface area contributed by atoms with Crippen LogP contribution in [0, 0.1) is 0 Å². The predicted molar refractivity (Wildman–Crippen MR) is 141 cm³/mol. The zero-order valence-electron chi connectivity index (χ0n) is 20.0. The third kappa shape index (κ3) is 4.93. The summed E-state index contributed by atoms with van der Waals surface area (Å²) < 4.78 is 5.45. The van der Waals surface area contributed by atoms with Gasteiger partial charge in [-0.05, 0) is 71.9 Å². The lowest BCUT2D eigenvalue weighted by atomic mass is 9.76. The maximum atomic E-state index is 12.5. The fourth-order valence-electron chi connectivity index (χ4n) is 5.33. The van der Waals surface area contributed by atoms with Gasteiger partial charge in [-0.1, -0.05) is 61.7 Å². The number of anilines is 1. The standard InChI is InChI=1S/C30H28N2O4/c33-21-32(26-6-4-5-22(17-26)9-14-29(34)35)30(15-2-1-3-16-30)19-23-7-10-24(11-8-23)25-12-13-27-28(18-25)36-20-31-27/h4-14,17-18,20-21H,1-3,15-16,19H2,(H,34,35)/b14-9+. The fourth-order valence-corrected chi connectivity index (χ4v) is 5.33. The number of carbonyl (C=O) groups is 2. The molecule has 0 saturated heterocycles. The first-order valence-corrected chi connectivity index (χ1v) is 12.2. The van der Waals surface area contributed by atoms with Gasteiger partial charge in [-0.25, -0.2) is 9.78 Å². The van der Waals surface area contributed by atoms with E-state index in [-0.39, 0.29) is 5.54 Å². The lowest BCUT2D eigenvalue weighted by Crippen LogP contribution is -2.51. The summed E-state index contributed by atoms with van der Waals surface area (Å²) in [7, 11) is 0. The van der Waals surface area contributed by atoms with Gasteiger partial charge in [0.25, 0.3) is 0 Å². The van der Waals surface area contributed by atoms with Crippen molar-refractivity contribution in [2.75, 3.05) is 4.90 Å². The second-order valence-corrected chi connectivity index (χ2v) is 9.44. The molecule has 0 aliphatic heterocycles. The number of carboxylic acid groups (broad SMARTS) is 1. The van der Waals surface area contributed by atoms with Crippen molar-refractivity contribution in [1.29, 1.82) is 0 Å². The molecule has 5 rings (SSSR count). The molecule has 1 heterocycles. The molecule has 36 heavy (non-hydrogen) atoms. The molecule has 0 unspecified atom stereocenters. The smallest absolute Gasteiger partial charge is 0.328 e. The Kier molecular flexibility index (Phi) is 6.67. The van der Waals surface area contributed by atoms with Gasteiger partial charge in [0.15, 0.2) is 12.0 Å². The second-order valence-electron chi connectivity index (χ2n) is 9.44. The molecule has 4 aromatic rings. The van der Waals surface area contributed by atoms with E-state index in [0.717, 1.165) is 78.1 Å². The summed E-state index contributed by atoms with van der Waals surface area (Å²) in [4.78, 5) is 29.5. The Bertz CT molecular complexity index is 1400. The minimum atomic E-state index is -0.999. The Hall–Kier alpha value is -4.19. The maximum Gasteiger partial charge on any atom is 0.328 e. The molecule has 1 aliphatic rings. The van der Waals surface area contributed by atoms with Crippen LogP contribution in [0.3, 0.4) is 0 Å². The minimum Gasteiger partial charge on any atom is -0.478 e. The molecular formula is C30H28N2O4. The average molecular weight is 481 g/mol. The maximum absolute atomic E-state index is 12.5. The molecule has 0 bridgehead atoms. The quantitative estimate of drug-likeness (QED) is 0.230. The number of carboxylic acids is 1. The SMILES string of the molecule is O=CN(c1cccc(/C=C/C(=O)O)c1)C1(Cc2ccc(-c3ccc4ncoc4c3)cc2)CCCCC1. The molecule has 6 nitrogen and oxygen atoms in total. The van der Waals surface area contributed by atoms with Crippen molar-refractivity contribution >= 4 is 35.2 Å². The zero-order chi connectivity index (χ0) is 25.0. The van der Waals surface area contributed by atoms with Gasteiger partial charge in [-0.15, -0.1) is 0 Å². The van der Waals surface area contributed by atoms with Crippen molar-refractivity contribution in [2.45, 2.75) is 44.1 Å². The topological polar surface area (TPSA) is 83.6 Å². The lowest BCUT2D eigenvalue weighted by molar-refractivity contribution is -0.131. The van der Waals surface area contributed by atoms with Crippen LogP contribution in [0.2, 0.25) is 0 Å². The van der Waals surface area contributed by atoms with E-state index in [1.165, 1.54) is 18.4 Å². The predicted octanol–water partition coefficient (Wildman–Crippen LogP) is 6.50. The van der Waals surface area contributed by atoms with E-state index < -0.39 is 5.97 Å². The Morgan fingerprint density at radius 2 is 1.78 bits per heavy atom. The van der Waals surface area contributed by atoms with Gasteiger partial charge >= 0.3 is 5.97 Å². The Balaban J connectivity index is 1.43. The van der Waals surface area contributed by atoms with E-state index in [1.54, 1.807) is 6.08 Å². The van der Waals surface area contributed by atoms with E-state index in [0.29, 0.717) is 0 Å². The largest absolute Gasteiger partial charge is 0.478 e. The van der Waals surface area contributed by atoms with Crippen LogP contribution in [0.4, 0.5) is 5.69 Å². The van der Waals surface area contributed by atoms with Gasteiger partial charge in [0, 0.05) is 11.8 Å². The molecule has 1 fully saturated rings. The Morgan fingerprint density at radius 3 is 2.53 bits per heavy atom. The van der Waals surface area contributed by atoms with Gasteiger partial charge in [-0.3, -0.25) is 4.79 Å². The number of amides is 1. The van der Waals surface area contributed by atoms with Crippen molar-refractivity contribution < 1.29 is 19.1 Å². The first-order chi connectivity index (χ1) is 17.6. The van der Waals surface area contributed by atoms with Crippen LogP contribution in [0.25, 0.3) is 28.3 Å². The average Bonchev–Trinajstić information content (AvgIpc) is 3.37. The van der Waals surface area contributed by atoms with E-state index in [1.807, 2.05) is 47.4 Å². The van der Waals surface area contributed by atoms with Gasteiger partial charge in [0.1, 0.15) is 5.52 Å². The lowest BCUT2D eigenvalue weighted by Gasteiger charge is -2.45. The summed E-state index contributed by atoms with van der Waals surface area (Å²) >= 11 is 0. The molecule has 1 N–H and O–H groups in total. The first-order valence-electron chi connectivity index (χ1n) is 12.2. The Labute approximate surface area is 209 Å². The Morgan fingerprint density at radius 1 is 1.00 bits per heavy atom. The van der Waals surface area contributed by atoms with E-state index in [4.69, 9.17) is 9.52 Å². The normalized spacial score (nSPS) is 15.2. The van der Waals surface area contributed by atoms with Gasteiger partial charge in [0.2, 0.25) is 6.41 Å². The number of oxazole rings is 1. The molecule has 1 saturated carbocycles. The van der Waals surface area contributed by atoms with E-state index in [2.05, 4.69) is 29.2 Å². The highest BCUT2D eigenvalue weighted by Crippen LogP contribution is 2.39. The monoisotopic (exact) mass is 480 g/mol. The minimum absolute atomic E-state index is 0.324. The van der Waals surface area contributed by atoms with E-state index in [9.17, 15) is 9.59 Å². The number of benzene rings is 3. The summed E-state index contributed by atoms with van der Waals surface area (Å²) in [5.41, 5.74) is 6.16. The van der Waals surface area contributed by atoms with Crippen LogP contribution in [0.15, 0.2) is 83.6 Å². The van der Waals surface area contributed by atoms with Crippen molar-refractivity contribution in [3.8, 4) is 11.1 Å². The third-order valence-electron chi connectivity index (χ3n) is 7.12. The number of rotatable bonds is 8. The summed E-state index contributed by atoms with van der Waals surface area (Å²) in [6.07, 6.45) is 11.0. The molecule has 0 spiro atoms. The van der Waals surface area contributed by atoms with Crippen LogP contribution in [0.1, 0.15) is 43.2 Å². The molecule has 0 radical (unpaired) electrons. The summed E-state index contributed by atoms with van der Waals surface area (Å²) in [6, 6.07) is 22.0. The number of hydrogen-bond acceptors (Lipinski definition) is 4. The summed E-state index contributed by atoms with van der Waals surface area (Å²) in [5.74, 6) is -0.999. The second kappa shape index (κ2) is 10.2. The van der Waals surface area contributed by atoms with Gasteiger partial charge in [0.05, 0.1) is 5.54 Å². The molecule has 182 valence electrons. The van der Waals surface area contributed by atoms with E-state index >= 15 is 0 Å². The highest BCUT2D eigenvalue weighted by molar-refractivity contribution is 5.86. The van der Waals surface area contributed by atoms with Crippen LogP contribution in [-0.4, -0.2) is 28.0 Å². The summed E-state index contributed by atoms with van der Waals surface area (Å²) in [5, 5.41) is 8.98. The number of fused-ring (bicyclic) bond motifs is 1. The third-order valence-corrected chi connectivity index (χ3v) is 7.12. The molecule has 3 aromatic carbocycles. The molecule has 1 amide bonds. The number of hydrogen-bond donors (Lipinski definition) is 1. The number of aromatic nitrogens is 1. The molecule has 1 aliphatic carbocycles. The van der Waals surface area contributed by atoms with Crippen LogP contribution in [0.5, 0.6) is 0 Å². The highest BCUT2D eigenvalue weighted by Gasteiger charge is 2.38. The number of carbonyl (C=O) groups excluding carboxylic acids is 1. The highest BCUT2D eigenvalue weighted by atomic mass is 16.4. The number of nitrogens with zero attached hydrogens (tertiary/aromatic N) is 2. The van der Waals surface area contributed by atoms with Gasteiger partial charge < -0.3 is 14.4 Å². The van der Waals surface area contributed by atoms with Crippen molar-refractivity contribution in [3.05, 3.63) is 90.3 Å². The fraction of sp³-hybridized carbons (Fsp3) is 0.233. The molecule has 0 atom stereocenters. The van der Waals surface area contributed by atoms with Crippen LogP contribution < -0.4 is 4.90 Å². The van der Waals surface area contributed by atoms with Crippen molar-refractivity contribution in [1.82, 2.24) is 4.98 Å². The molecule has 6 heteroatoms. The van der Waals surface area contributed by atoms with Crippen molar-refractivity contribution in [2.24, 2.45) is 0 Å². The summed E-state index contributed by atoms with van der Waals surface area (Å²) in [6.45, 7) is 0. The molecular weight excluding hydrogens is 452 g/mol. The zero-order valence-corrected chi connectivity index (χ0v) is 20.0. The van der Waals surface area contributed by atoms with Crippen LogP contribution >= 0.6 is 0 Å². The first kappa shape index (κ1) is 23.5.